The molecule has 0 bridgehead atoms. The van der Waals surface area contributed by atoms with Crippen LogP contribution in [-0.2, 0) is 6.54 Å². The van der Waals surface area contributed by atoms with Gasteiger partial charge in [-0.3, -0.25) is 4.57 Å². The summed E-state index contributed by atoms with van der Waals surface area (Å²) in [5.74, 6) is 1.34. The average Bonchev–Trinajstić information content (AvgIpc) is 3.02. The number of nitrogens with zero attached hydrogens (tertiary/aromatic N) is 5. The number of hydrogen-bond donors (Lipinski definition) is 1. The van der Waals surface area contributed by atoms with Crippen molar-refractivity contribution < 1.29 is 14.6 Å². The highest BCUT2D eigenvalue weighted by Gasteiger charge is 2.20. The van der Waals surface area contributed by atoms with Gasteiger partial charge in [0, 0.05) is 44.7 Å². The van der Waals surface area contributed by atoms with E-state index in [9.17, 15) is 9.90 Å². The molecule has 1 fully saturated rings. The van der Waals surface area contributed by atoms with Gasteiger partial charge < -0.3 is 24.4 Å². The number of imidazole rings is 1. The van der Waals surface area contributed by atoms with Crippen LogP contribution in [0.1, 0.15) is 18.4 Å². The van der Waals surface area contributed by atoms with Gasteiger partial charge in [0.2, 0.25) is 5.88 Å². The normalized spacial score (nSPS) is 18.9. The lowest BCUT2D eigenvalue weighted by atomic mass is 10.0. The number of aromatic nitrogens is 2. The third kappa shape index (κ3) is 4.36. The van der Waals surface area contributed by atoms with Crippen LogP contribution in [0.3, 0.4) is 0 Å². The Balaban J connectivity index is 1.48. The van der Waals surface area contributed by atoms with E-state index in [0.29, 0.717) is 31.1 Å². The zero-order chi connectivity index (χ0) is 21.1. The molecule has 1 saturated heterocycles. The predicted octanol–water partition coefficient (Wildman–Crippen LogP) is 1.04. The van der Waals surface area contributed by atoms with Crippen LogP contribution in [0.15, 0.2) is 34.3 Å². The maximum Gasteiger partial charge on any atom is 0.351 e. The molecule has 30 heavy (non-hydrogen) atoms. The number of ether oxygens (including phenoxy) is 2. The van der Waals surface area contributed by atoms with E-state index in [1.165, 1.54) is 15.4 Å². The summed E-state index contributed by atoms with van der Waals surface area (Å²) in [6, 6.07) is 5.52. The zero-order valence-electron chi connectivity index (χ0n) is 17.6. The lowest BCUT2D eigenvalue weighted by Crippen LogP contribution is -2.44. The molecule has 0 atom stereocenters. The van der Waals surface area contributed by atoms with Gasteiger partial charge in [-0.15, -0.1) is 0 Å². The molecule has 0 aliphatic carbocycles. The van der Waals surface area contributed by atoms with Crippen molar-refractivity contribution in [3.8, 4) is 17.4 Å². The van der Waals surface area contributed by atoms with Gasteiger partial charge in [-0.25, -0.2) is 4.79 Å². The largest absolute Gasteiger partial charge is 0.497 e. The molecule has 3 heterocycles. The molecule has 0 radical (unpaired) electrons. The maximum atomic E-state index is 12.8. The number of piperazine rings is 1. The molecule has 9 heteroatoms. The summed E-state index contributed by atoms with van der Waals surface area (Å²) in [7, 11) is 3.74. The summed E-state index contributed by atoms with van der Waals surface area (Å²) in [5.41, 5.74) is 1.19. The van der Waals surface area contributed by atoms with Crippen LogP contribution in [0.4, 0.5) is 0 Å². The Morgan fingerprint density at radius 3 is 2.77 bits per heavy atom. The molecule has 162 valence electrons. The summed E-state index contributed by atoms with van der Waals surface area (Å²) in [6.07, 6.45) is 2.74. The highest BCUT2D eigenvalue weighted by molar-refractivity contribution is 6.04. The molecule has 1 N–H and O–H groups in total. The third-order valence-electron chi connectivity index (χ3n) is 5.72. The van der Waals surface area contributed by atoms with E-state index in [1.54, 1.807) is 7.11 Å². The van der Waals surface area contributed by atoms with Crippen LogP contribution in [0.25, 0.3) is 0 Å². The summed E-state index contributed by atoms with van der Waals surface area (Å²) < 4.78 is 13.6. The molecule has 0 spiro atoms. The second kappa shape index (κ2) is 8.93. The Morgan fingerprint density at radius 1 is 1.20 bits per heavy atom. The summed E-state index contributed by atoms with van der Waals surface area (Å²) in [5, 5.41) is 14.8. The van der Waals surface area contributed by atoms with Gasteiger partial charge in [-0.05, 0) is 38.2 Å². The molecule has 9 nitrogen and oxygen atoms in total. The number of likely N-dealkylation sites (N-methyl/N-ethyl adjacent to an activating group) is 1. The standard InChI is InChI=1S/C21H29N5O4/c1-23-9-11-24(12-10-23)7-3-8-25-20(27)15-26(21(25)28)22-18-6-13-30-19-5-4-16(29-2)14-17(18)19/h4-5,14-15,27H,3,6-13H2,1-2H3/b22-18+. The molecule has 4 rings (SSSR count). The first-order chi connectivity index (χ1) is 14.5. The van der Waals surface area contributed by atoms with E-state index in [0.717, 1.165) is 50.4 Å². The van der Waals surface area contributed by atoms with Crippen LogP contribution in [0, 0.1) is 0 Å². The van der Waals surface area contributed by atoms with Crippen molar-refractivity contribution in [2.75, 3.05) is 53.5 Å². The predicted molar refractivity (Wildman–Crippen MR) is 114 cm³/mol. The third-order valence-corrected chi connectivity index (χ3v) is 5.72. The van der Waals surface area contributed by atoms with E-state index in [4.69, 9.17) is 9.47 Å². The molecule has 0 saturated carbocycles. The molecule has 2 aliphatic rings. The second-order valence-electron chi connectivity index (χ2n) is 7.77. The smallest absolute Gasteiger partial charge is 0.351 e. The van der Waals surface area contributed by atoms with Gasteiger partial charge in [0.15, 0.2) is 0 Å². The number of hydrogen-bond acceptors (Lipinski definition) is 7. The molecule has 1 aromatic carbocycles. The van der Waals surface area contributed by atoms with E-state index < -0.39 is 0 Å². The number of benzene rings is 1. The SMILES string of the molecule is COc1ccc2c(c1)/C(=N/n1cc(O)n(CCCN3CCN(C)CC3)c1=O)CCO2. The minimum absolute atomic E-state index is 0.0688. The molecule has 0 amide bonds. The first-order valence-corrected chi connectivity index (χ1v) is 10.4. The fourth-order valence-electron chi connectivity index (χ4n) is 3.88. The van der Waals surface area contributed by atoms with Crippen LogP contribution in [0.5, 0.6) is 17.4 Å². The molecular weight excluding hydrogens is 386 g/mol. The molecule has 2 aromatic rings. The summed E-state index contributed by atoms with van der Waals surface area (Å²) in [4.78, 5) is 17.5. The minimum Gasteiger partial charge on any atom is -0.497 e. The molecule has 1 aromatic heterocycles. The average molecular weight is 415 g/mol. The second-order valence-corrected chi connectivity index (χ2v) is 7.77. The lowest BCUT2D eigenvalue weighted by Gasteiger charge is -2.32. The van der Waals surface area contributed by atoms with Gasteiger partial charge in [-0.1, -0.05) is 0 Å². The highest BCUT2D eigenvalue weighted by Crippen LogP contribution is 2.29. The number of methoxy groups -OCH3 is 1. The van der Waals surface area contributed by atoms with E-state index in [1.807, 2.05) is 18.2 Å². The quantitative estimate of drug-likeness (QED) is 0.759. The molecular formula is C21H29N5O4. The van der Waals surface area contributed by atoms with E-state index >= 15 is 0 Å². The fourth-order valence-corrected chi connectivity index (χ4v) is 3.88. The van der Waals surface area contributed by atoms with Crippen molar-refractivity contribution in [2.24, 2.45) is 5.10 Å². The van der Waals surface area contributed by atoms with Gasteiger partial charge in [0.25, 0.3) is 0 Å². The Hall–Kier alpha value is -2.78. The van der Waals surface area contributed by atoms with Crippen LogP contribution < -0.4 is 15.2 Å². The minimum atomic E-state index is -0.339. The Labute approximate surface area is 175 Å². The van der Waals surface area contributed by atoms with Crippen molar-refractivity contribution >= 4 is 5.71 Å². The lowest BCUT2D eigenvalue weighted by molar-refractivity contribution is 0.151. The Bertz CT molecular complexity index is 972. The molecule has 0 unspecified atom stereocenters. The van der Waals surface area contributed by atoms with Crippen molar-refractivity contribution in [3.63, 3.8) is 0 Å². The van der Waals surface area contributed by atoms with Crippen molar-refractivity contribution in [1.82, 2.24) is 19.0 Å². The van der Waals surface area contributed by atoms with Crippen molar-refractivity contribution in [2.45, 2.75) is 19.4 Å². The summed E-state index contributed by atoms with van der Waals surface area (Å²) in [6.45, 7) is 6.06. The number of rotatable bonds is 6. The van der Waals surface area contributed by atoms with Crippen molar-refractivity contribution in [1.29, 1.82) is 0 Å². The van der Waals surface area contributed by atoms with E-state index in [-0.39, 0.29) is 11.6 Å². The van der Waals surface area contributed by atoms with Gasteiger partial charge in [-0.2, -0.15) is 9.78 Å². The van der Waals surface area contributed by atoms with Crippen LogP contribution >= 0.6 is 0 Å². The van der Waals surface area contributed by atoms with Gasteiger partial charge in [0.1, 0.15) is 11.5 Å². The first kappa shape index (κ1) is 20.5. The summed E-state index contributed by atoms with van der Waals surface area (Å²) >= 11 is 0. The van der Waals surface area contributed by atoms with Crippen LogP contribution in [0.2, 0.25) is 0 Å². The zero-order valence-corrected chi connectivity index (χ0v) is 17.6. The first-order valence-electron chi connectivity index (χ1n) is 10.4. The Morgan fingerprint density at radius 2 is 2.00 bits per heavy atom. The number of aromatic hydroxyl groups is 1. The van der Waals surface area contributed by atoms with Gasteiger partial charge in [0.05, 0.1) is 25.6 Å². The van der Waals surface area contributed by atoms with Crippen LogP contribution in [-0.4, -0.2) is 83.3 Å². The van der Waals surface area contributed by atoms with Gasteiger partial charge >= 0.3 is 5.69 Å². The fraction of sp³-hybridized carbons (Fsp3) is 0.524. The van der Waals surface area contributed by atoms with Crippen molar-refractivity contribution in [3.05, 3.63) is 40.4 Å². The monoisotopic (exact) mass is 415 g/mol. The molecule has 2 aliphatic heterocycles. The Kier molecular flexibility index (Phi) is 6.10. The topological polar surface area (TPSA) is 84.5 Å². The maximum absolute atomic E-state index is 12.8. The number of fused-ring (bicyclic) bond motifs is 1. The highest BCUT2D eigenvalue weighted by atomic mass is 16.5. The van der Waals surface area contributed by atoms with E-state index in [2.05, 4.69) is 21.9 Å².